The minimum atomic E-state index is -0.493. The molecule has 5 nitrogen and oxygen atoms in total. The maximum Gasteiger partial charge on any atom is 0.260 e. The van der Waals surface area contributed by atoms with Crippen LogP contribution in [0.25, 0.3) is 0 Å². The molecular formula is C19H21BrN2O3S. The number of primary amides is 1. The van der Waals surface area contributed by atoms with Crippen LogP contribution in [0.2, 0.25) is 0 Å². The number of thiophene rings is 1. The molecule has 1 heterocycles. The van der Waals surface area contributed by atoms with E-state index in [4.69, 9.17) is 10.5 Å². The van der Waals surface area contributed by atoms with Gasteiger partial charge in [0.05, 0.1) is 17.2 Å². The number of amides is 2. The number of benzene rings is 1. The lowest BCUT2D eigenvalue weighted by Crippen LogP contribution is -2.19. The first kappa shape index (κ1) is 18.9. The number of halogens is 1. The monoisotopic (exact) mass is 436 g/mol. The molecule has 1 aromatic carbocycles. The number of nitrogens with one attached hydrogen (secondary N) is 1. The average Bonchev–Trinajstić information content (AvgIpc) is 2.93. The van der Waals surface area contributed by atoms with Crippen molar-refractivity contribution in [3.8, 4) is 5.75 Å². The Morgan fingerprint density at radius 3 is 2.69 bits per heavy atom. The second kappa shape index (κ2) is 7.80. The Hall–Kier alpha value is -1.86. The number of hydrogen-bond donors (Lipinski definition) is 2. The summed E-state index contributed by atoms with van der Waals surface area (Å²) < 4.78 is 6.53. The summed E-state index contributed by atoms with van der Waals surface area (Å²) in [6.07, 6.45) is 3.83. The molecule has 0 spiro atoms. The van der Waals surface area contributed by atoms with Crippen LogP contribution in [0.1, 0.15) is 57.8 Å². The molecule has 138 valence electrons. The zero-order valence-corrected chi connectivity index (χ0v) is 17.1. The van der Waals surface area contributed by atoms with Gasteiger partial charge in [0, 0.05) is 9.35 Å². The van der Waals surface area contributed by atoms with Gasteiger partial charge in [-0.15, -0.1) is 11.3 Å². The highest BCUT2D eigenvalue weighted by Gasteiger charge is 2.26. The van der Waals surface area contributed by atoms with E-state index in [1.54, 1.807) is 12.1 Å². The smallest absolute Gasteiger partial charge is 0.260 e. The minimum Gasteiger partial charge on any atom is -0.490 e. The molecular weight excluding hydrogens is 416 g/mol. The Labute approximate surface area is 165 Å². The van der Waals surface area contributed by atoms with Crippen molar-refractivity contribution >= 4 is 44.1 Å². The van der Waals surface area contributed by atoms with Crippen molar-refractivity contribution < 1.29 is 14.3 Å². The number of rotatable bonds is 5. The normalized spacial score (nSPS) is 13.4. The van der Waals surface area contributed by atoms with Gasteiger partial charge in [-0.2, -0.15) is 0 Å². The summed E-state index contributed by atoms with van der Waals surface area (Å²) in [6, 6.07) is 5.30. The van der Waals surface area contributed by atoms with Gasteiger partial charge in [0.15, 0.2) is 0 Å². The van der Waals surface area contributed by atoms with E-state index in [0.717, 1.165) is 40.6 Å². The number of anilines is 1. The summed E-state index contributed by atoms with van der Waals surface area (Å²) in [6.45, 7) is 3.81. The lowest BCUT2D eigenvalue weighted by Gasteiger charge is -2.14. The highest BCUT2D eigenvalue weighted by molar-refractivity contribution is 9.10. The van der Waals surface area contributed by atoms with Crippen LogP contribution in [0, 0.1) is 0 Å². The molecule has 3 N–H and O–H groups in total. The Kier molecular flexibility index (Phi) is 5.67. The van der Waals surface area contributed by atoms with E-state index in [9.17, 15) is 9.59 Å². The van der Waals surface area contributed by atoms with E-state index in [1.807, 2.05) is 19.9 Å². The third-order valence-corrected chi connectivity index (χ3v) is 5.89. The number of fused-ring (bicyclic) bond motifs is 1. The molecule has 3 rings (SSSR count). The van der Waals surface area contributed by atoms with Crippen LogP contribution < -0.4 is 15.8 Å². The maximum absolute atomic E-state index is 12.9. The number of aryl methyl sites for hydroxylation is 1. The first-order chi connectivity index (χ1) is 12.4. The third kappa shape index (κ3) is 3.94. The van der Waals surface area contributed by atoms with E-state index in [0.29, 0.717) is 21.9 Å². The molecule has 0 saturated heterocycles. The fourth-order valence-corrected chi connectivity index (χ4v) is 4.77. The van der Waals surface area contributed by atoms with Gasteiger partial charge in [0.25, 0.3) is 11.8 Å². The highest BCUT2D eigenvalue weighted by atomic mass is 79.9. The van der Waals surface area contributed by atoms with Gasteiger partial charge in [-0.1, -0.05) is 15.9 Å². The van der Waals surface area contributed by atoms with E-state index >= 15 is 0 Å². The number of nitrogens with two attached hydrogens (primary N) is 1. The molecule has 2 aromatic rings. The molecule has 0 radical (unpaired) electrons. The third-order valence-electron chi connectivity index (χ3n) is 4.19. The largest absolute Gasteiger partial charge is 0.490 e. The summed E-state index contributed by atoms with van der Waals surface area (Å²) in [7, 11) is 0. The molecule has 2 amide bonds. The van der Waals surface area contributed by atoms with Crippen LogP contribution in [0.15, 0.2) is 22.7 Å². The predicted molar refractivity (Wildman–Crippen MR) is 107 cm³/mol. The Balaban J connectivity index is 1.95. The molecule has 0 saturated carbocycles. The first-order valence-corrected chi connectivity index (χ1v) is 10.2. The summed E-state index contributed by atoms with van der Waals surface area (Å²) in [5, 5.41) is 3.42. The Bertz CT molecular complexity index is 861. The van der Waals surface area contributed by atoms with Crippen molar-refractivity contribution in [1.82, 2.24) is 0 Å². The fraction of sp³-hybridized carbons (Fsp3) is 0.368. The van der Waals surface area contributed by atoms with Crippen molar-refractivity contribution in [2.24, 2.45) is 5.73 Å². The van der Waals surface area contributed by atoms with Gasteiger partial charge in [-0.25, -0.2) is 0 Å². The summed E-state index contributed by atoms with van der Waals surface area (Å²) in [4.78, 5) is 26.0. The zero-order valence-electron chi connectivity index (χ0n) is 14.7. The standard InChI is InChI=1S/C19H21BrN2O3S/c1-10(2)25-14-8-7-11(20)9-13(14)18(24)22-19-16(17(21)23)12-5-3-4-6-15(12)26-19/h7-10H,3-6H2,1-2H3,(H2,21,23)(H,22,24). The maximum atomic E-state index is 12.9. The van der Waals surface area contributed by atoms with E-state index < -0.39 is 5.91 Å². The van der Waals surface area contributed by atoms with E-state index in [2.05, 4.69) is 21.2 Å². The molecule has 0 bridgehead atoms. The van der Waals surface area contributed by atoms with Crippen LogP contribution >= 0.6 is 27.3 Å². The highest BCUT2D eigenvalue weighted by Crippen LogP contribution is 2.38. The van der Waals surface area contributed by atoms with Crippen LogP contribution in [-0.2, 0) is 12.8 Å². The first-order valence-electron chi connectivity index (χ1n) is 8.58. The van der Waals surface area contributed by atoms with Crippen LogP contribution in [0.5, 0.6) is 5.75 Å². The van der Waals surface area contributed by atoms with Crippen molar-refractivity contribution in [3.05, 3.63) is 44.2 Å². The van der Waals surface area contributed by atoms with Gasteiger partial charge in [-0.05, 0) is 63.3 Å². The lowest BCUT2D eigenvalue weighted by molar-refractivity contribution is 0.100. The molecule has 1 aliphatic carbocycles. The number of carbonyl (C=O) groups excluding carboxylic acids is 2. The molecule has 0 aliphatic heterocycles. The van der Waals surface area contributed by atoms with Gasteiger partial charge in [0.2, 0.25) is 0 Å². The molecule has 0 unspecified atom stereocenters. The summed E-state index contributed by atoms with van der Waals surface area (Å²) >= 11 is 4.85. The van der Waals surface area contributed by atoms with Crippen molar-refractivity contribution in [3.63, 3.8) is 0 Å². The SMILES string of the molecule is CC(C)Oc1ccc(Br)cc1C(=O)Nc1sc2c(c1C(N)=O)CCCC2. The quantitative estimate of drug-likeness (QED) is 0.721. The topological polar surface area (TPSA) is 81.4 Å². The summed E-state index contributed by atoms with van der Waals surface area (Å²) in [5.41, 5.74) is 7.47. The molecule has 0 fully saturated rings. The molecule has 1 aromatic heterocycles. The van der Waals surface area contributed by atoms with Crippen molar-refractivity contribution in [2.45, 2.75) is 45.6 Å². The Morgan fingerprint density at radius 2 is 2.00 bits per heavy atom. The lowest BCUT2D eigenvalue weighted by atomic mass is 9.95. The van der Waals surface area contributed by atoms with Crippen molar-refractivity contribution in [1.29, 1.82) is 0 Å². The van der Waals surface area contributed by atoms with Crippen molar-refractivity contribution in [2.75, 3.05) is 5.32 Å². The fourth-order valence-electron chi connectivity index (χ4n) is 3.12. The molecule has 26 heavy (non-hydrogen) atoms. The van der Waals surface area contributed by atoms with Gasteiger partial charge < -0.3 is 15.8 Å². The average molecular weight is 437 g/mol. The second-order valence-electron chi connectivity index (χ2n) is 6.54. The predicted octanol–water partition coefficient (Wildman–Crippen LogP) is 4.53. The van der Waals surface area contributed by atoms with Crippen LogP contribution in [0.4, 0.5) is 5.00 Å². The Morgan fingerprint density at radius 1 is 1.27 bits per heavy atom. The number of ether oxygens (including phenoxy) is 1. The van der Waals surface area contributed by atoms with E-state index in [1.165, 1.54) is 11.3 Å². The van der Waals surface area contributed by atoms with Gasteiger partial charge >= 0.3 is 0 Å². The van der Waals surface area contributed by atoms with Crippen LogP contribution in [0.3, 0.4) is 0 Å². The van der Waals surface area contributed by atoms with Gasteiger partial charge in [-0.3, -0.25) is 9.59 Å². The summed E-state index contributed by atoms with van der Waals surface area (Å²) in [5.74, 6) is -0.307. The van der Waals surface area contributed by atoms with E-state index in [-0.39, 0.29) is 12.0 Å². The molecule has 0 atom stereocenters. The minimum absolute atomic E-state index is 0.0574. The number of hydrogen-bond acceptors (Lipinski definition) is 4. The second-order valence-corrected chi connectivity index (χ2v) is 8.56. The van der Waals surface area contributed by atoms with Gasteiger partial charge in [0.1, 0.15) is 10.8 Å². The molecule has 7 heteroatoms. The number of carbonyl (C=O) groups is 2. The molecule has 1 aliphatic rings. The van der Waals surface area contributed by atoms with Crippen LogP contribution in [-0.4, -0.2) is 17.9 Å². The zero-order chi connectivity index (χ0) is 18.8.